The number of esters is 1. The minimum absolute atomic E-state index is 0.0892. The minimum Gasteiger partial charge on any atom is -0.462 e. The normalized spacial score (nSPS) is 10.9. The van der Waals surface area contributed by atoms with Crippen LogP contribution in [0.4, 0.5) is 5.69 Å². The Bertz CT molecular complexity index is 1450. The minimum atomic E-state index is -0.569. The van der Waals surface area contributed by atoms with Crippen LogP contribution in [0.1, 0.15) is 43.9 Å². The van der Waals surface area contributed by atoms with Crippen LogP contribution >= 0.6 is 11.3 Å². The highest BCUT2D eigenvalue weighted by Crippen LogP contribution is 2.31. The molecule has 0 amide bonds. The van der Waals surface area contributed by atoms with Gasteiger partial charge in [-0.2, -0.15) is 10.5 Å². The fourth-order valence-electron chi connectivity index (χ4n) is 3.36. The van der Waals surface area contributed by atoms with Crippen molar-refractivity contribution < 1.29 is 23.7 Å². The molecule has 2 aromatic heterocycles. The molecule has 0 atom stereocenters. The van der Waals surface area contributed by atoms with E-state index in [1.54, 1.807) is 39.0 Å². The van der Waals surface area contributed by atoms with E-state index >= 15 is 0 Å². The number of thiophene rings is 1. The highest BCUT2D eigenvalue weighted by atomic mass is 32.1. The van der Waals surface area contributed by atoms with E-state index < -0.39 is 16.7 Å². The third-order valence-corrected chi connectivity index (χ3v) is 6.42. The number of non-ortho nitro benzene ring substituents is 1. The van der Waals surface area contributed by atoms with Crippen molar-refractivity contribution in [2.45, 2.75) is 27.2 Å². The summed E-state index contributed by atoms with van der Waals surface area (Å²) < 4.78 is 10.7. The number of aryl methyl sites for hydroxylation is 1. The standard InChI is InChI=1S/C25H19N3O6S/c1-4-33-25(30)24-15(3)20(13-27)23(35-24)11-21(29)16(12-26)9-18-7-8-22(34-18)19-10-17(28(31)32)6-5-14(19)2/h5-10H,4,11H2,1-3H3/b16-9+. The Balaban J connectivity index is 1.89. The van der Waals surface area contributed by atoms with Crippen molar-refractivity contribution in [1.29, 1.82) is 10.5 Å². The van der Waals surface area contributed by atoms with Crippen LogP contribution < -0.4 is 0 Å². The maximum atomic E-state index is 12.9. The Hall–Kier alpha value is -4.54. The molecule has 0 aliphatic carbocycles. The van der Waals surface area contributed by atoms with Crippen LogP contribution in [-0.2, 0) is 16.0 Å². The molecule has 0 radical (unpaired) electrons. The SMILES string of the molecule is CCOC(=O)c1sc(CC(=O)/C(C#N)=C/c2ccc(-c3cc([N+](=O)[O-])ccc3C)o2)c(C#N)c1C. The smallest absolute Gasteiger partial charge is 0.348 e. The van der Waals surface area contributed by atoms with Crippen LogP contribution in [0, 0.1) is 46.6 Å². The zero-order valence-electron chi connectivity index (χ0n) is 19.1. The number of rotatable bonds is 8. The molecular formula is C25H19N3O6S. The molecule has 0 aliphatic heterocycles. The van der Waals surface area contributed by atoms with E-state index in [2.05, 4.69) is 0 Å². The van der Waals surface area contributed by atoms with Gasteiger partial charge in [0.05, 0.1) is 22.7 Å². The van der Waals surface area contributed by atoms with Crippen molar-refractivity contribution in [1.82, 2.24) is 0 Å². The van der Waals surface area contributed by atoms with Crippen molar-refractivity contribution in [3.63, 3.8) is 0 Å². The Morgan fingerprint density at radius 2 is 1.97 bits per heavy atom. The fourth-order valence-corrected chi connectivity index (χ4v) is 4.51. The third kappa shape index (κ3) is 5.35. The van der Waals surface area contributed by atoms with Crippen LogP contribution in [0.15, 0.2) is 40.3 Å². The lowest BCUT2D eigenvalue weighted by Crippen LogP contribution is -2.05. The number of ether oxygens (including phenoxy) is 1. The summed E-state index contributed by atoms with van der Waals surface area (Å²) in [4.78, 5) is 36.2. The molecule has 9 nitrogen and oxygen atoms in total. The molecule has 1 aromatic carbocycles. The molecule has 0 saturated heterocycles. The molecule has 0 unspecified atom stereocenters. The Labute approximate surface area is 204 Å². The Morgan fingerprint density at radius 1 is 1.23 bits per heavy atom. The molecule has 0 spiro atoms. The van der Waals surface area contributed by atoms with Gasteiger partial charge < -0.3 is 9.15 Å². The van der Waals surface area contributed by atoms with Gasteiger partial charge in [0.15, 0.2) is 5.78 Å². The van der Waals surface area contributed by atoms with E-state index in [4.69, 9.17) is 9.15 Å². The molecule has 2 heterocycles. The predicted molar refractivity (Wildman–Crippen MR) is 128 cm³/mol. The summed E-state index contributed by atoms with van der Waals surface area (Å²) in [5, 5.41) is 30.2. The second-order valence-corrected chi connectivity index (χ2v) is 8.52. The highest BCUT2D eigenvalue weighted by Gasteiger charge is 2.23. The van der Waals surface area contributed by atoms with Crippen molar-refractivity contribution >= 4 is 34.9 Å². The maximum absolute atomic E-state index is 12.9. The first-order valence-electron chi connectivity index (χ1n) is 10.4. The number of carbonyl (C=O) groups excluding carboxylic acids is 2. The van der Waals surface area contributed by atoms with Gasteiger partial charge in [0.1, 0.15) is 28.5 Å². The van der Waals surface area contributed by atoms with E-state index in [0.717, 1.165) is 16.9 Å². The lowest BCUT2D eigenvalue weighted by Gasteiger charge is -2.02. The number of nitrogens with zero attached hydrogens (tertiary/aromatic N) is 3. The summed E-state index contributed by atoms with van der Waals surface area (Å²) >= 11 is 0.995. The number of ketones is 1. The van der Waals surface area contributed by atoms with Crippen LogP contribution in [0.5, 0.6) is 0 Å². The van der Waals surface area contributed by atoms with Crippen molar-refractivity contribution in [3.05, 3.63) is 78.2 Å². The number of nitro groups is 1. The zero-order valence-corrected chi connectivity index (χ0v) is 19.9. The highest BCUT2D eigenvalue weighted by molar-refractivity contribution is 7.14. The van der Waals surface area contributed by atoms with Gasteiger partial charge in [-0.25, -0.2) is 4.79 Å². The van der Waals surface area contributed by atoms with Crippen LogP contribution in [0.3, 0.4) is 0 Å². The topological polar surface area (TPSA) is 147 Å². The van der Waals surface area contributed by atoms with Crippen molar-refractivity contribution in [3.8, 4) is 23.5 Å². The van der Waals surface area contributed by atoms with Gasteiger partial charge in [-0.1, -0.05) is 6.07 Å². The summed E-state index contributed by atoms with van der Waals surface area (Å²) in [6.45, 7) is 5.23. The Kier molecular flexibility index (Phi) is 7.59. The lowest BCUT2D eigenvalue weighted by molar-refractivity contribution is -0.384. The number of benzene rings is 1. The average Bonchev–Trinajstić information content (AvgIpc) is 3.41. The number of Topliss-reactive ketones (excluding diaryl/α,β-unsaturated/α-hetero) is 1. The van der Waals surface area contributed by atoms with Gasteiger partial charge in [0.25, 0.3) is 5.69 Å². The van der Waals surface area contributed by atoms with Gasteiger partial charge in [-0.3, -0.25) is 14.9 Å². The molecular weight excluding hydrogens is 470 g/mol. The second-order valence-electron chi connectivity index (χ2n) is 7.41. The van der Waals surface area contributed by atoms with Crippen LogP contribution in [0.2, 0.25) is 0 Å². The average molecular weight is 490 g/mol. The number of carbonyl (C=O) groups is 2. The molecule has 0 bridgehead atoms. The zero-order chi connectivity index (χ0) is 25.7. The van der Waals surface area contributed by atoms with Gasteiger partial charge in [0, 0.05) is 35.1 Å². The quantitative estimate of drug-likeness (QED) is 0.136. The molecule has 176 valence electrons. The van der Waals surface area contributed by atoms with Gasteiger partial charge in [-0.05, 0) is 44.0 Å². The first kappa shape index (κ1) is 25.1. The number of hydrogen-bond donors (Lipinski definition) is 0. The van der Waals surface area contributed by atoms with E-state index in [9.17, 15) is 30.2 Å². The predicted octanol–water partition coefficient (Wildman–Crippen LogP) is 5.30. The summed E-state index contributed by atoms with van der Waals surface area (Å²) in [5.41, 5.74) is 1.63. The second kappa shape index (κ2) is 10.6. The molecule has 0 fully saturated rings. The molecule has 3 aromatic rings. The molecule has 35 heavy (non-hydrogen) atoms. The number of furan rings is 1. The van der Waals surface area contributed by atoms with Gasteiger partial charge >= 0.3 is 5.97 Å². The van der Waals surface area contributed by atoms with E-state index in [1.165, 1.54) is 18.2 Å². The summed E-state index contributed by atoms with van der Waals surface area (Å²) in [6.07, 6.45) is 1.03. The van der Waals surface area contributed by atoms with E-state index in [-0.39, 0.29) is 40.5 Å². The summed E-state index contributed by atoms with van der Waals surface area (Å²) in [6, 6.07) is 11.4. The third-order valence-electron chi connectivity index (χ3n) is 5.15. The number of nitro benzene ring substituents is 1. The first-order valence-corrected chi connectivity index (χ1v) is 11.2. The lowest BCUT2D eigenvalue weighted by atomic mass is 10.0. The fraction of sp³-hybridized carbons (Fsp3) is 0.200. The maximum Gasteiger partial charge on any atom is 0.348 e. The first-order chi connectivity index (χ1) is 16.7. The number of allylic oxidation sites excluding steroid dienone is 1. The molecule has 0 saturated carbocycles. The van der Waals surface area contributed by atoms with Crippen molar-refractivity contribution in [2.75, 3.05) is 6.61 Å². The van der Waals surface area contributed by atoms with E-state index in [1.807, 2.05) is 12.1 Å². The number of nitriles is 2. The van der Waals surface area contributed by atoms with Crippen LogP contribution in [-0.4, -0.2) is 23.3 Å². The van der Waals surface area contributed by atoms with Crippen molar-refractivity contribution in [2.24, 2.45) is 0 Å². The monoisotopic (exact) mass is 489 g/mol. The summed E-state index contributed by atoms with van der Waals surface area (Å²) in [5.74, 6) is -0.557. The largest absolute Gasteiger partial charge is 0.462 e. The molecule has 3 rings (SSSR count). The molecule has 0 N–H and O–H groups in total. The van der Waals surface area contributed by atoms with E-state index in [0.29, 0.717) is 21.8 Å². The van der Waals surface area contributed by atoms with Gasteiger partial charge in [0.2, 0.25) is 0 Å². The summed E-state index contributed by atoms with van der Waals surface area (Å²) in [7, 11) is 0. The number of hydrogen-bond acceptors (Lipinski definition) is 9. The Morgan fingerprint density at radius 3 is 2.60 bits per heavy atom. The van der Waals surface area contributed by atoms with Gasteiger partial charge in [-0.15, -0.1) is 11.3 Å². The molecule has 0 aliphatic rings. The molecule has 10 heteroatoms. The van der Waals surface area contributed by atoms with Crippen LogP contribution in [0.25, 0.3) is 17.4 Å².